The van der Waals surface area contributed by atoms with Crippen LogP contribution in [0.1, 0.15) is 33.1 Å². The molecule has 0 saturated carbocycles. The van der Waals surface area contributed by atoms with Gasteiger partial charge in [-0.05, 0) is 38.3 Å². The normalized spacial score (nSPS) is 31.1. The fourth-order valence-corrected chi connectivity index (χ4v) is 3.33. The van der Waals surface area contributed by atoms with Crippen molar-refractivity contribution in [1.82, 2.24) is 9.80 Å². The van der Waals surface area contributed by atoms with Gasteiger partial charge in [0.1, 0.15) is 0 Å². The quantitative estimate of drug-likeness (QED) is 0.826. The number of hydrogen-bond donors (Lipinski definition) is 1. The third-order valence-corrected chi connectivity index (χ3v) is 4.19. The molecule has 104 valence electrons. The average Bonchev–Trinajstić information content (AvgIpc) is 2.77. The Balaban J connectivity index is 1.84. The number of carbonyl (C=O) groups is 1. The number of likely N-dealkylation sites (tertiary alicyclic amines) is 2. The second kappa shape index (κ2) is 6.02. The van der Waals surface area contributed by atoms with Gasteiger partial charge in [0.05, 0.1) is 5.92 Å². The van der Waals surface area contributed by atoms with Gasteiger partial charge in [0.25, 0.3) is 0 Å². The summed E-state index contributed by atoms with van der Waals surface area (Å²) in [6.45, 7) is 9.77. The van der Waals surface area contributed by atoms with E-state index in [1.807, 2.05) is 0 Å². The monoisotopic (exact) mass is 254 g/mol. The van der Waals surface area contributed by atoms with Crippen LogP contribution in [0.4, 0.5) is 0 Å². The molecular weight excluding hydrogens is 228 g/mol. The molecule has 2 aliphatic heterocycles. The van der Waals surface area contributed by atoms with Crippen molar-refractivity contribution < 1.29 is 9.90 Å². The molecule has 0 amide bonds. The van der Waals surface area contributed by atoms with E-state index in [9.17, 15) is 4.79 Å². The molecule has 0 radical (unpaired) electrons. The lowest BCUT2D eigenvalue weighted by atomic mass is 10.0. The van der Waals surface area contributed by atoms with Crippen LogP contribution in [0.15, 0.2) is 0 Å². The Labute approximate surface area is 110 Å². The molecule has 2 saturated heterocycles. The third-order valence-electron chi connectivity index (χ3n) is 4.19. The SMILES string of the molecule is CC(C)CN1CCCC(N2CCC(C(=O)O)C2)C1. The minimum Gasteiger partial charge on any atom is -0.481 e. The van der Waals surface area contributed by atoms with Crippen LogP contribution >= 0.6 is 0 Å². The van der Waals surface area contributed by atoms with Crippen LogP contribution < -0.4 is 0 Å². The molecular formula is C14H26N2O2. The van der Waals surface area contributed by atoms with E-state index in [0.717, 1.165) is 26.1 Å². The van der Waals surface area contributed by atoms with E-state index in [2.05, 4.69) is 23.6 Å². The Morgan fingerprint density at radius 1 is 1.28 bits per heavy atom. The number of hydrogen-bond acceptors (Lipinski definition) is 3. The number of rotatable bonds is 4. The number of carboxylic acids is 1. The number of piperidine rings is 1. The van der Waals surface area contributed by atoms with E-state index in [0.29, 0.717) is 12.0 Å². The smallest absolute Gasteiger partial charge is 0.307 e. The molecule has 0 aromatic rings. The van der Waals surface area contributed by atoms with E-state index >= 15 is 0 Å². The Hall–Kier alpha value is -0.610. The van der Waals surface area contributed by atoms with Crippen LogP contribution in [0.5, 0.6) is 0 Å². The van der Waals surface area contributed by atoms with Crippen LogP contribution in [0.2, 0.25) is 0 Å². The summed E-state index contributed by atoms with van der Waals surface area (Å²) in [6.07, 6.45) is 3.32. The summed E-state index contributed by atoms with van der Waals surface area (Å²) < 4.78 is 0. The highest BCUT2D eigenvalue weighted by atomic mass is 16.4. The van der Waals surface area contributed by atoms with Gasteiger partial charge in [-0.3, -0.25) is 9.69 Å². The topological polar surface area (TPSA) is 43.8 Å². The second-order valence-electron chi connectivity index (χ2n) is 6.27. The first kappa shape index (κ1) is 13.8. The van der Waals surface area contributed by atoms with Gasteiger partial charge in [-0.25, -0.2) is 0 Å². The maximum Gasteiger partial charge on any atom is 0.307 e. The minimum absolute atomic E-state index is 0.134. The van der Waals surface area contributed by atoms with Crippen molar-refractivity contribution in [2.75, 3.05) is 32.7 Å². The standard InChI is InChI=1S/C14H26N2O2/c1-11(2)8-15-6-3-4-13(10-15)16-7-5-12(9-16)14(17)18/h11-13H,3-10H2,1-2H3,(H,17,18). The maximum atomic E-state index is 11.0. The molecule has 0 aliphatic carbocycles. The van der Waals surface area contributed by atoms with Crippen molar-refractivity contribution in [2.24, 2.45) is 11.8 Å². The highest BCUT2D eigenvalue weighted by Crippen LogP contribution is 2.24. The first-order valence-corrected chi connectivity index (χ1v) is 7.25. The fourth-order valence-electron chi connectivity index (χ4n) is 3.33. The van der Waals surface area contributed by atoms with Crippen molar-refractivity contribution in [3.63, 3.8) is 0 Å². The molecule has 4 nitrogen and oxygen atoms in total. The van der Waals surface area contributed by atoms with Gasteiger partial charge in [0.2, 0.25) is 0 Å². The molecule has 2 aliphatic rings. The van der Waals surface area contributed by atoms with Gasteiger partial charge in [-0.15, -0.1) is 0 Å². The van der Waals surface area contributed by atoms with Crippen molar-refractivity contribution in [3.05, 3.63) is 0 Å². The lowest BCUT2D eigenvalue weighted by Crippen LogP contribution is -2.48. The molecule has 1 N–H and O–H groups in total. The van der Waals surface area contributed by atoms with Crippen LogP contribution in [-0.2, 0) is 4.79 Å². The molecule has 0 aromatic heterocycles. The lowest BCUT2D eigenvalue weighted by molar-refractivity contribution is -0.141. The van der Waals surface area contributed by atoms with Crippen molar-refractivity contribution in [2.45, 2.75) is 39.2 Å². The maximum absolute atomic E-state index is 11.0. The van der Waals surface area contributed by atoms with Crippen LogP contribution in [0.25, 0.3) is 0 Å². The fraction of sp³-hybridized carbons (Fsp3) is 0.929. The molecule has 18 heavy (non-hydrogen) atoms. The molecule has 2 heterocycles. The number of carboxylic acid groups (broad SMARTS) is 1. The summed E-state index contributed by atoms with van der Waals surface area (Å²) in [6, 6.07) is 0.585. The summed E-state index contributed by atoms with van der Waals surface area (Å²) in [5, 5.41) is 9.06. The summed E-state index contributed by atoms with van der Waals surface area (Å²) in [4.78, 5) is 16.0. The predicted molar refractivity (Wildman–Crippen MR) is 71.6 cm³/mol. The van der Waals surface area contributed by atoms with E-state index in [1.165, 1.54) is 25.9 Å². The van der Waals surface area contributed by atoms with E-state index in [1.54, 1.807) is 0 Å². The summed E-state index contributed by atoms with van der Waals surface area (Å²) in [5.41, 5.74) is 0. The van der Waals surface area contributed by atoms with Gasteiger partial charge >= 0.3 is 5.97 Å². The molecule has 0 spiro atoms. The highest BCUT2D eigenvalue weighted by molar-refractivity contribution is 5.70. The van der Waals surface area contributed by atoms with Crippen LogP contribution in [0.3, 0.4) is 0 Å². The summed E-state index contributed by atoms with van der Waals surface area (Å²) >= 11 is 0. The van der Waals surface area contributed by atoms with E-state index < -0.39 is 5.97 Å². The van der Waals surface area contributed by atoms with Gasteiger partial charge in [-0.1, -0.05) is 13.8 Å². The first-order chi connectivity index (χ1) is 8.56. The average molecular weight is 254 g/mol. The zero-order valence-corrected chi connectivity index (χ0v) is 11.6. The number of aliphatic carboxylic acids is 1. The summed E-state index contributed by atoms with van der Waals surface area (Å²) in [7, 11) is 0. The Morgan fingerprint density at radius 3 is 2.67 bits per heavy atom. The minimum atomic E-state index is -0.618. The molecule has 2 unspecified atom stereocenters. The number of nitrogens with zero attached hydrogens (tertiary/aromatic N) is 2. The molecule has 0 aromatic carbocycles. The Kier molecular flexibility index (Phi) is 4.62. The van der Waals surface area contributed by atoms with Crippen molar-refractivity contribution >= 4 is 5.97 Å². The van der Waals surface area contributed by atoms with E-state index in [4.69, 9.17) is 5.11 Å². The van der Waals surface area contributed by atoms with E-state index in [-0.39, 0.29) is 5.92 Å². The largest absolute Gasteiger partial charge is 0.481 e. The molecule has 2 rings (SSSR count). The molecule has 0 bridgehead atoms. The zero-order chi connectivity index (χ0) is 13.1. The van der Waals surface area contributed by atoms with Crippen LogP contribution in [0, 0.1) is 11.8 Å². The lowest BCUT2D eigenvalue weighted by Gasteiger charge is -2.38. The van der Waals surface area contributed by atoms with Crippen LogP contribution in [-0.4, -0.2) is 59.6 Å². The summed E-state index contributed by atoms with van der Waals surface area (Å²) in [5.74, 6) is -0.0353. The molecule has 2 atom stereocenters. The van der Waals surface area contributed by atoms with Gasteiger partial charge < -0.3 is 10.0 Å². The van der Waals surface area contributed by atoms with Gasteiger partial charge in [-0.2, -0.15) is 0 Å². The van der Waals surface area contributed by atoms with Gasteiger partial charge in [0, 0.05) is 25.7 Å². The zero-order valence-electron chi connectivity index (χ0n) is 11.6. The Morgan fingerprint density at radius 2 is 2.06 bits per heavy atom. The Bertz CT molecular complexity index is 294. The van der Waals surface area contributed by atoms with Crippen molar-refractivity contribution in [3.8, 4) is 0 Å². The second-order valence-corrected chi connectivity index (χ2v) is 6.27. The predicted octanol–water partition coefficient (Wildman–Crippen LogP) is 1.51. The molecule has 4 heteroatoms. The third kappa shape index (κ3) is 3.45. The first-order valence-electron chi connectivity index (χ1n) is 7.25. The van der Waals surface area contributed by atoms with Crippen molar-refractivity contribution in [1.29, 1.82) is 0 Å². The molecule has 2 fully saturated rings. The van der Waals surface area contributed by atoms with Gasteiger partial charge in [0.15, 0.2) is 0 Å². The highest BCUT2D eigenvalue weighted by Gasteiger charge is 2.33.